The number of carbonyl (C=O) groups excluding carboxylic acids is 1. The summed E-state index contributed by atoms with van der Waals surface area (Å²) in [6, 6.07) is 18.0. The van der Waals surface area contributed by atoms with Crippen molar-refractivity contribution < 1.29 is 43.1 Å². The van der Waals surface area contributed by atoms with Gasteiger partial charge >= 0.3 is 6.16 Å². The van der Waals surface area contributed by atoms with Gasteiger partial charge in [-0.3, -0.25) is 9.59 Å². The maximum atomic E-state index is 14.4. The van der Waals surface area contributed by atoms with E-state index in [-0.39, 0.29) is 29.4 Å². The number of amides is 1. The maximum Gasteiger partial charge on any atom is 0.506 e. The molecule has 0 radical (unpaired) electrons. The molecule has 0 saturated carbocycles. The molecule has 0 aliphatic heterocycles. The van der Waals surface area contributed by atoms with Gasteiger partial charge in [-0.2, -0.15) is 0 Å². The lowest BCUT2D eigenvalue weighted by atomic mass is 9.73. The van der Waals surface area contributed by atoms with E-state index in [2.05, 4.69) is 5.32 Å². The second-order valence-corrected chi connectivity index (χ2v) is 15.1. The molecule has 4 aromatic carbocycles. The Morgan fingerprint density at radius 3 is 2.16 bits per heavy atom. The van der Waals surface area contributed by atoms with Gasteiger partial charge in [0.2, 0.25) is 17.1 Å². The Kier molecular flexibility index (Phi) is 12.9. The number of benzene rings is 3. The minimum Gasteiger partial charge on any atom is -0.493 e. The number of hydrogen-bond acceptors (Lipinski definition) is 9. The summed E-state index contributed by atoms with van der Waals surface area (Å²) in [4.78, 5) is 39.9. The van der Waals surface area contributed by atoms with Crippen molar-refractivity contribution in [2.24, 2.45) is 5.92 Å². The van der Waals surface area contributed by atoms with Gasteiger partial charge in [0.1, 0.15) is 18.5 Å². The van der Waals surface area contributed by atoms with E-state index >= 15 is 0 Å². The SMILES string of the molecule is COc1cc2c(c(OC)c1OC)-c1ccc(OC)c(=O)cc1C(NC(=O)CC(C)(C)c1c([C@@H](OC(=O)O)C(C)C)cc(C)c(OCc3ccccc3)c1C)CC2. The van der Waals surface area contributed by atoms with E-state index in [0.717, 1.165) is 33.4 Å². The highest BCUT2D eigenvalue weighted by Crippen LogP contribution is 2.50. The van der Waals surface area contributed by atoms with Crippen molar-refractivity contribution in [1.29, 1.82) is 0 Å². The molecule has 2 atom stereocenters. The van der Waals surface area contributed by atoms with Crippen molar-refractivity contribution in [3.8, 4) is 39.9 Å². The van der Waals surface area contributed by atoms with Crippen LogP contribution in [0.2, 0.25) is 0 Å². The Labute approximate surface area is 328 Å². The van der Waals surface area contributed by atoms with Crippen LogP contribution in [0.25, 0.3) is 11.1 Å². The Bertz CT molecular complexity index is 2140. The lowest BCUT2D eigenvalue weighted by molar-refractivity contribution is -0.123. The van der Waals surface area contributed by atoms with E-state index < -0.39 is 23.7 Å². The van der Waals surface area contributed by atoms with Crippen molar-refractivity contribution in [3.05, 3.63) is 110 Å². The van der Waals surface area contributed by atoms with Crippen LogP contribution in [0, 0.1) is 19.8 Å². The Morgan fingerprint density at radius 1 is 0.875 bits per heavy atom. The molecule has 0 bridgehead atoms. The van der Waals surface area contributed by atoms with Gasteiger partial charge in [0.25, 0.3) is 0 Å². The van der Waals surface area contributed by atoms with Crippen molar-refractivity contribution in [1.82, 2.24) is 5.32 Å². The molecule has 0 aromatic heterocycles. The number of rotatable bonds is 14. The van der Waals surface area contributed by atoms with E-state index in [1.54, 1.807) is 20.3 Å². The van der Waals surface area contributed by atoms with E-state index in [9.17, 15) is 19.5 Å². The third-order valence-electron chi connectivity index (χ3n) is 10.4. The van der Waals surface area contributed by atoms with Crippen molar-refractivity contribution in [2.75, 3.05) is 28.4 Å². The summed E-state index contributed by atoms with van der Waals surface area (Å²) in [5, 5.41) is 13.1. The normalized spacial score (nSPS) is 14.1. The first kappa shape index (κ1) is 41.5. The molecule has 298 valence electrons. The Morgan fingerprint density at radius 2 is 1.55 bits per heavy atom. The summed E-state index contributed by atoms with van der Waals surface area (Å²) in [6.07, 6.45) is -1.17. The molecule has 1 aliphatic carbocycles. The first-order valence-corrected chi connectivity index (χ1v) is 18.7. The minimum atomic E-state index is -1.38. The molecule has 4 aromatic rings. The number of carboxylic acid groups (broad SMARTS) is 1. The number of hydrogen-bond donors (Lipinski definition) is 2. The lowest BCUT2D eigenvalue weighted by Gasteiger charge is -2.34. The molecule has 56 heavy (non-hydrogen) atoms. The maximum absolute atomic E-state index is 14.4. The first-order valence-electron chi connectivity index (χ1n) is 18.7. The van der Waals surface area contributed by atoms with Crippen LogP contribution >= 0.6 is 0 Å². The molecule has 0 saturated heterocycles. The van der Waals surface area contributed by atoms with Crippen LogP contribution in [-0.4, -0.2) is 45.6 Å². The molecular formula is C45H53NO10. The van der Waals surface area contributed by atoms with E-state index in [1.807, 2.05) is 90.1 Å². The zero-order chi connectivity index (χ0) is 40.9. The quantitative estimate of drug-likeness (QED) is 0.120. The monoisotopic (exact) mass is 767 g/mol. The minimum absolute atomic E-state index is 0.0240. The highest BCUT2D eigenvalue weighted by atomic mass is 16.7. The van der Waals surface area contributed by atoms with Gasteiger partial charge in [-0.05, 0) is 107 Å². The lowest BCUT2D eigenvalue weighted by Crippen LogP contribution is -2.35. The second kappa shape index (κ2) is 17.4. The van der Waals surface area contributed by atoms with E-state index in [1.165, 1.54) is 20.3 Å². The number of carbonyl (C=O) groups is 2. The molecular weight excluding hydrogens is 714 g/mol. The molecule has 11 nitrogen and oxygen atoms in total. The zero-order valence-corrected chi connectivity index (χ0v) is 34.0. The average molecular weight is 768 g/mol. The van der Waals surface area contributed by atoms with Gasteiger partial charge in [-0.25, -0.2) is 4.79 Å². The molecule has 0 heterocycles. The summed E-state index contributed by atoms with van der Waals surface area (Å²) >= 11 is 0. The van der Waals surface area contributed by atoms with Gasteiger partial charge in [0.05, 0.1) is 34.5 Å². The van der Waals surface area contributed by atoms with Gasteiger partial charge in [-0.15, -0.1) is 0 Å². The molecule has 11 heteroatoms. The van der Waals surface area contributed by atoms with Crippen LogP contribution < -0.4 is 34.4 Å². The standard InChI is InChI=1S/C45H53NO10/c1-25(2)40(56-44(49)50)32-20-26(3)41(55-24-28-14-12-11-13-15-28)27(4)39(32)45(5,6)23-37(48)46-33-18-16-29-21-36(52-8)42(53-9)43(54-10)38(29)30-17-19-35(51-7)34(47)22-31(30)33/h11-15,17,19-22,25,33,40H,16,18,23-24H2,1-10H3,(H,46,48)(H,49,50)/t33?,40-/m0/s1. The summed E-state index contributed by atoms with van der Waals surface area (Å²) in [6.45, 7) is 11.9. The van der Waals surface area contributed by atoms with Crippen LogP contribution in [-0.2, 0) is 28.0 Å². The van der Waals surface area contributed by atoms with Crippen molar-refractivity contribution in [3.63, 3.8) is 0 Å². The number of methoxy groups -OCH3 is 4. The van der Waals surface area contributed by atoms with Gasteiger partial charge in [0.15, 0.2) is 17.2 Å². The van der Waals surface area contributed by atoms with Gasteiger partial charge in [0, 0.05) is 12.0 Å². The largest absolute Gasteiger partial charge is 0.506 e. The first-order chi connectivity index (χ1) is 26.6. The molecule has 0 spiro atoms. The fourth-order valence-corrected chi connectivity index (χ4v) is 8.09. The highest BCUT2D eigenvalue weighted by molar-refractivity contribution is 5.84. The third kappa shape index (κ3) is 8.56. The molecule has 2 N–H and O–H groups in total. The van der Waals surface area contributed by atoms with Gasteiger partial charge < -0.3 is 38.8 Å². The van der Waals surface area contributed by atoms with Crippen molar-refractivity contribution >= 4 is 12.1 Å². The fourth-order valence-electron chi connectivity index (χ4n) is 8.09. The Balaban J connectivity index is 1.59. The smallest absolute Gasteiger partial charge is 0.493 e. The predicted octanol–water partition coefficient (Wildman–Crippen LogP) is 8.81. The zero-order valence-electron chi connectivity index (χ0n) is 34.0. The van der Waals surface area contributed by atoms with E-state index in [0.29, 0.717) is 59.1 Å². The topological polar surface area (TPSA) is 139 Å². The molecule has 1 amide bonds. The second-order valence-electron chi connectivity index (χ2n) is 15.1. The number of nitrogens with one attached hydrogen (secondary N) is 1. The van der Waals surface area contributed by atoms with Crippen LogP contribution in [0.3, 0.4) is 0 Å². The molecule has 1 unspecified atom stereocenters. The molecule has 0 fully saturated rings. The van der Waals surface area contributed by atoms with Gasteiger partial charge in [-0.1, -0.05) is 64.1 Å². The van der Waals surface area contributed by atoms with Crippen LogP contribution in [0.5, 0.6) is 28.7 Å². The average Bonchev–Trinajstić information content (AvgIpc) is 3.40. The number of ether oxygens (including phenoxy) is 6. The molecule has 1 aliphatic rings. The third-order valence-corrected chi connectivity index (χ3v) is 10.4. The fraction of sp³-hybridized carbons (Fsp3) is 0.400. The van der Waals surface area contributed by atoms with Crippen LogP contribution in [0.1, 0.15) is 91.6 Å². The summed E-state index contributed by atoms with van der Waals surface area (Å²) in [5.41, 5.74) is 5.82. The van der Waals surface area contributed by atoms with E-state index in [4.69, 9.17) is 28.4 Å². The summed E-state index contributed by atoms with van der Waals surface area (Å²) < 4.78 is 34.7. The number of aryl methyl sites for hydroxylation is 2. The van der Waals surface area contributed by atoms with Crippen LogP contribution in [0.4, 0.5) is 4.79 Å². The van der Waals surface area contributed by atoms with Crippen molar-refractivity contribution in [2.45, 2.75) is 85.0 Å². The molecule has 5 rings (SSSR count). The Hall–Kier alpha value is -5.71. The summed E-state index contributed by atoms with van der Waals surface area (Å²) in [5.74, 6) is 1.71. The summed E-state index contributed by atoms with van der Waals surface area (Å²) in [7, 11) is 6.09. The van der Waals surface area contributed by atoms with Crippen LogP contribution in [0.15, 0.2) is 65.5 Å². The number of fused-ring (bicyclic) bond motifs is 3. The highest BCUT2D eigenvalue weighted by Gasteiger charge is 2.37. The predicted molar refractivity (Wildman–Crippen MR) is 215 cm³/mol.